The van der Waals surface area contributed by atoms with Crippen LogP contribution in [0.5, 0.6) is 0 Å². The Morgan fingerprint density at radius 3 is 2.86 bits per heavy atom. The highest BCUT2D eigenvalue weighted by Gasteiger charge is 2.10. The van der Waals surface area contributed by atoms with Crippen LogP contribution in [-0.4, -0.2) is 33.0 Å². The van der Waals surface area contributed by atoms with E-state index in [4.69, 9.17) is 0 Å². The van der Waals surface area contributed by atoms with Gasteiger partial charge in [-0.3, -0.25) is 4.79 Å². The molecule has 2 rings (SSSR count). The molecule has 1 aromatic heterocycles. The average molecular weight is 316 g/mol. The number of nitrogens with zero attached hydrogens (tertiary/aromatic N) is 3. The second kappa shape index (κ2) is 8.38. The lowest BCUT2D eigenvalue weighted by Crippen LogP contribution is -2.27. The Labute approximate surface area is 134 Å². The third-order valence-corrected chi connectivity index (χ3v) is 4.09. The van der Waals surface area contributed by atoms with Gasteiger partial charge in [-0.05, 0) is 18.9 Å². The molecular weight excluding hydrogens is 296 g/mol. The molecule has 1 amide bonds. The fraction of sp³-hybridized carbons (Fsp3) is 0.312. The van der Waals surface area contributed by atoms with Crippen LogP contribution in [0.2, 0.25) is 0 Å². The van der Waals surface area contributed by atoms with Crippen LogP contribution in [0.4, 0.5) is 0 Å². The number of hydrogen-bond donors (Lipinski definition) is 1. The predicted molar refractivity (Wildman–Crippen MR) is 88.8 cm³/mol. The quantitative estimate of drug-likeness (QED) is 0.599. The summed E-state index contributed by atoms with van der Waals surface area (Å²) in [6.07, 6.45) is 2.63. The van der Waals surface area contributed by atoms with Gasteiger partial charge in [0.2, 0.25) is 5.91 Å². The van der Waals surface area contributed by atoms with E-state index >= 15 is 0 Å². The van der Waals surface area contributed by atoms with Crippen molar-refractivity contribution in [3.05, 3.63) is 54.4 Å². The van der Waals surface area contributed by atoms with Gasteiger partial charge in [0.05, 0.1) is 5.75 Å². The van der Waals surface area contributed by atoms with Crippen LogP contribution in [0.1, 0.15) is 11.4 Å². The number of aromatic nitrogens is 3. The van der Waals surface area contributed by atoms with Crippen molar-refractivity contribution < 1.29 is 4.79 Å². The summed E-state index contributed by atoms with van der Waals surface area (Å²) in [5.41, 5.74) is 1.22. The van der Waals surface area contributed by atoms with Crippen molar-refractivity contribution in [1.29, 1.82) is 0 Å². The topological polar surface area (TPSA) is 59.8 Å². The molecule has 0 saturated heterocycles. The minimum Gasteiger partial charge on any atom is -0.355 e. The van der Waals surface area contributed by atoms with E-state index in [2.05, 4.69) is 34.2 Å². The first-order chi connectivity index (χ1) is 10.7. The first kappa shape index (κ1) is 16.3. The molecule has 0 atom stereocenters. The zero-order chi connectivity index (χ0) is 15.8. The molecular formula is C16H20N4OS. The Kier molecular flexibility index (Phi) is 6.21. The highest BCUT2D eigenvalue weighted by atomic mass is 32.2. The third-order valence-electron chi connectivity index (χ3n) is 3.12. The maximum Gasteiger partial charge on any atom is 0.230 e. The van der Waals surface area contributed by atoms with Crippen molar-refractivity contribution in [2.45, 2.75) is 25.0 Å². The van der Waals surface area contributed by atoms with Gasteiger partial charge in [-0.2, -0.15) is 0 Å². The van der Waals surface area contributed by atoms with Gasteiger partial charge in [0.1, 0.15) is 5.82 Å². The molecule has 116 valence electrons. The van der Waals surface area contributed by atoms with E-state index in [0.717, 1.165) is 17.4 Å². The molecule has 0 saturated carbocycles. The molecule has 0 aliphatic heterocycles. The molecule has 22 heavy (non-hydrogen) atoms. The molecule has 0 radical (unpaired) electrons. The van der Waals surface area contributed by atoms with E-state index in [1.54, 1.807) is 6.08 Å². The number of aryl methyl sites for hydroxylation is 1. The standard InChI is InChI=1S/C16H20N4OS/c1-3-11-20-13(2)18-19-16(20)22-12-15(21)17-10-9-14-7-5-4-6-8-14/h3-8H,1,9-12H2,2H3,(H,17,21). The maximum atomic E-state index is 11.9. The molecule has 0 fully saturated rings. The highest BCUT2D eigenvalue weighted by molar-refractivity contribution is 7.99. The van der Waals surface area contributed by atoms with Gasteiger partial charge in [-0.15, -0.1) is 16.8 Å². The Morgan fingerprint density at radius 1 is 1.36 bits per heavy atom. The van der Waals surface area contributed by atoms with E-state index in [1.165, 1.54) is 17.3 Å². The highest BCUT2D eigenvalue weighted by Crippen LogP contribution is 2.16. The number of carbonyl (C=O) groups is 1. The normalized spacial score (nSPS) is 10.4. The Morgan fingerprint density at radius 2 is 2.14 bits per heavy atom. The molecule has 0 bridgehead atoms. The van der Waals surface area contributed by atoms with Crippen molar-refractivity contribution in [3.8, 4) is 0 Å². The fourth-order valence-corrected chi connectivity index (χ4v) is 2.80. The van der Waals surface area contributed by atoms with Gasteiger partial charge < -0.3 is 9.88 Å². The Bertz CT molecular complexity index is 624. The van der Waals surface area contributed by atoms with Crippen molar-refractivity contribution >= 4 is 17.7 Å². The van der Waals surface area contributed by atoms with Gasteiger partial charge >= 0.3 is 0 Å². The molecule has 6 heteroatoms. The van der Waals surface area contributed by atoms with Crippen LogP contribution in [0.25, 0.3) is 0 Å². The summed E-state index contributed by atoms with van der Waals surface area (Å²) in [4.78, 5) is 11.9. The summed E-state index contributed by atoms with van der Waals surface area (Å²) in [6, 6.07) is 10.1. The second-order valence-electron chi connectivity index (χ2n) is 4.80. The molecule has 0 aliphatic carbocycles. The van der Waals surface area contributed by atoms with Crippen molar-refractivity contribution in [2.24, 2.45) is 0 Å². The van der Waals surface area contributed by atoms with Crippen LogP contribution in [-0.2, 0) is 17.8 Å². The summed E-state index contributed by atoms with van der Waals surface area (Å²) in [5.74, 6) is 1.17. The second-order valence-corrected chi connectivity index (χ2v) is 5.75. The largest absolute Gasteiger partial charge is 0.355 e. The first-order valence-electron chi connectivity index (χ1n) is 7.15. The van der Waals surface area contributed by atoms with E-state index in [1.807, 2.05) is 29.7 Å². The van der Waals surface area contributed by atoms with Crippen LogP contribution in [0.15, 0.2) is 48.1 Å². The van der Waals surface area contributed by atoms with E-state index in [9.17, 15) is 4.79 Å². The Balaban J connectivity index is 1.75. The fourth-order valence-electron chi connectivity index (χ4n) is 1.98. The summed E-state index contributed by atoms with van der Waals surface area (Å²) < 4.78 is 1.94. The van der Waals surface area contributed by atoms with Crippen LogP contribution >= 0.6 is 11.8 Å². The molecule has 5 nitrogen and oxygen atoms in total. The predicted octanol–water partition coefficient (Wildman–Crippen LogP) is 2.22. The molecule has 2 aromatic rings. The van der Waals surface area contributed by atoms with Crippen LogP contribution < -0.4 is 5.32 Å². The smallest absolute Gasteiger partial charge is 0.230 e. The van der Waals surface area contributed by atoms with Crippen molar-refractivity contribution in [3.63, 3.8) is 0 Å². The van der Waals surface area contributed by atoms with E-state index in [0.29, 0.717) is 18.8 Å². The molecule has 1 aromatic carbocycles. The number of amides is 1. The van der Waals surface area contributed by atoms with Gasteiger partial charge in [-0.25, -0.2) is 0 Å². The minimum atomic E-state index is 0.00624. The lowest BCUT2D eigenvalue weighted by molar-refractivity contribution is -0.118. The van der Waals surface area contributed by atoms with Crippen molar-refractivity contribution in [2.75, 3.05) is 12.3 Å². The summed E-state index contributed by atoms with van der Waals surface area (Å²) in [7, 11) is 0. The van der Waals surface area contributed by atoms with Crippen LogP contribution in [0.3, 0.4) is 0 Å². The summed E-state index contributed by atoms with van der Waals surface area (Å²) in [6.45, 7) is 6.90. The molecule has 1 N–H and O–H groups in total. The van der Waals surface area contributed by atoms with Crippen molar-refractivity contribution in [1.82, 2.24) is 20.1 Å². The van der Waals surface area contributed by atoms with Gasteiger partial charge in [0, 0.05) is 13.1 Å². The molecule has 0 aliphatic rings. The minimum absolute atomic E-state index is 0.00624. The monoisotopic (exact) mass is 316 g/mol. The number of allylic oxidation sites excluding steroid dienone is 1. The number of benzene rings is 1. The SMILES string of the molecule is C=CCn1c(C)nnc1SCC(=O)NCCc1ccccc1. The zero-order valence-electron chi connectivity index (χ0n) is 12.7. The molecule has 1 heterocycles. The zero-order valence-corrected chi connectivity index (χ0v) is 13.5. The van der Waals surface area contributed by atoms with E-state index < -0.39 is 0 Å². The van der Waals surface area contributed by atoms with Gasteiger partial charge in [0.15, 0.2) is 5.16 Å². The number of rotatable bonds is 8. The first-order valence-corrected chi connectivity index (χ1v) is 8.13. The van der Waals surface area contributed by atoms with Crippen LogP contribution in [0, 0.1) is 6.92 Å². The molecule has 0 unspecified atom stereocenters. The lowest BCUT2D eigenvalue weighted by Gasteiger charge is -2.06. The number of thioether (sulfide) groups is 1. The summed E-state index contributed by atoms with van der Waals surface area (Å²) in [5, 5.41) is 11.8. The summed E-state index contributed by atoms with van der Waals surface area (Å²) >= 11 is 1.39. The maximum absolute atomic E-state index is 11.9. The Hall–Kier alpha value is -2.08. The number of carbonyl (C=O) groups excluding carboxylic acids is 1. The van der Waals surface area contributed by atoms with Gasteiger partial charge in [-0.1, -0.05) is 48.2 Å². The average Bonchev–Trinajstić information content (AvgIpc) is 2.87. The van der Waals surface area contributed by atoms with E-state index in [-0.39, 0.29) is 5.91 Å². The van der Waals surface area contributed by atoms with Gasteiger partial charge in [0.25, 0.3) is 0 Å². The molecule has 0 spiro atoms. The third kappa shape index (κ3) is 4.73. The number of hydrogen-bond acceptors (Lipinski definition) is 4. The lowest BCUT2D eigenvalue weighted by atomic mass is 10.1. The number of nitrogens with one attached hydrogen (secondary N) is 1.